The number of rotatable bonds is 2. The third-order valence-corrected chi connectivity index (χ3v) is 3.56. The molecule has 0 aliphatic heterocycles. The number of halogens is 3. The highest BCUT2D eigenvalue weighted by Crippen LogP contribution is 2.37. The van der Waals surface area contributed by atoms with Crippen molar-refractivity contribution in [2.75, 3.05) is 0 Å². The van der Waals surface area contributed by atoms with Crippen LogP contribution in [0.15, 0.2) is 42.5 Å². The Balaban J connectivity index is 2.28. The average Bonchev–Trinajstić information content (AvgIpc) is 2.77. The molecule has 1 unspecified atom stereocenters. The molecule has 1 atom stereocenters. The molecule has 0 aliphatic rings. The number of nitrogens with two attached hydrogens (primary N) is 1. The largest absolute Gasteiger partial charge is 0.408 e. The summed E-state index contributed by atoms with van der Waals surface area (Å²) in [5.74, 6) is 0. The van der Waals surface area contributed by atoms with Crippen molar-refractivity contribution in [3.05, 3.63) is 47.3 Å². The molecule has 17 heavy (non-hydrogen) atoms. The fourth-order valence-electron chi connectivity index (χ4n) is 1.44. The maximum atomic E-state index is 12.4. The minimum atomic E-state index is -4.39. The summed E-state index contributed by atoms with van der Waals surface area (Å²) in [7, 11) is 0. The first-order chi connectivity index (χ1) is 7.98. The molecular weight excluding hydrogens is 247 g/mol. The topological polar surface area (TPSA) is 26.0 Å². The summed E-state index contributed by atoms with van der Waals surface area (Å²) in [4.78, 5) is 0.927. The molecule has 0 spiro atoms. The van der Waals surface area contributed by atoms with Gasteiger partial charge in [0.1, 0.15) is 6.04 Å². The van der Waals surface area contributed by atoms with Crippen molar-refractivity contribution >= 4 is 11.3 Å². The van der Waals surface area contributed by atoms with Crippen LogP contribution in [0.1, 0.15) is 10.9 Å². The van der Waals surface area contributed by atoms with Crippen molar-refractivity contribution < 1.29 is 13.2 Å². The van der Waals surface area contributed by atoms with Crippen LogP contribution in [0, 0.1) is 0 Å². The van der Waals surface area contributed by atoms with E-state index in [0.717, 1.165) is 21.8 Å². The first-order valence-corrected chi connectivity index (χ1v) is 5.77. The Hall–Kier alpha value is -1.33. The number of hydrogen-bond donors (Lipinski definition) is 1. The Bertz CT molecular complexity index is 490. The average molecular weight is 257 g/mol. The van der Waals surface area contributed by atoms with E-state index < -0.39 is 12.2 Å². The van der Waals surface area contributed by atoms with E-state index in [2.05, 4.69) is 0 Å². The van der Waals surface area contributed by atoms with E-state index in [-0.39, 0.29) is 4.88 Å². The molecule has 0 radical (unpaired) electrons. The van der Waals surface area contributed by atoms with Gasteiger partial charge in [-0.2, -0.15) is 13.2 Å². The van der Waals surface area contributed by atoms with Crippen LogP contribution < -0.4 is 5.73 Å². The van der Waals surface area contributed by atoms with Crippen LogP contribution in [0.2, 0.25) is 0 Å². The molecule has 2 aromatic rings. The van der Waals surface area contributed by atoms with Gasteiger partial charge in [0.05, 0.1) is 0 Å². The fourth-order valence-corrected chi connectivity index (χ4v) is 2.48. The predicted octanol–water partition coefficient (Wildman–Crippen LogP) is 3.98. The summed E-state index contributed by atoms with van der Waals surface area (Å²) in [6.07, 6.45) is -4.39. The highest BCUT2D eigenvalue weighted by Gasteiger charge is 2.38. The first kappa shape index (κ1) is 12.1. The molecule has 0 fully saturated rings. The number of alkyl halides is 3. The standard InChI is InChI=1S/C12H10F3NS/c13-12(14,15)11(16)10-7-6-9(17-10)8-4-2-1-3-5-8/h1-7,11H,16H2. The monoisotopic (exact) mass is 257 g/mol. The molecule has 2 rings (SSSR count). The molecule has 0 aliphatic carbocycles. The normalized spacial score (nSPS) is 13.6. The quantitative estimate of drug-likeness (QED) is 0.865. The molecule has 1 aromatic carbocycles. The van der Waals surface area contributed by atoms with Gasteiger partial charge in [-0.25, -0.2) is 0 Å². The molecule has 90 valence electrons. The van der Waals surface area contributed by atoms with Gasteiger partial charge in [-0.1, -0.05) is 30.3 Å². The molecule has 0 saturated carbocycles. The smallest absolute Gasteiger partial charge is 0.316 e. The van der Waals surface area contributed by atoms with Crippen LogP contribution in [0.4, 0.5) is 13.2 Å². The number of benzene rings is 1. The second-order valence-corrected chi connectivity index (χ2v) is 4.70. The summed E-state index contributed by atoms with van der Waals surface area (Å²) in [5.41, 5.74) is 6.05. The maximum Gasteiger partial charge on any atom is 0.408 e. The van der Waals surface area contributed by atoms with Crippen molar-refractivity contribution in [2.45, 2.75) is 12.2 Å². The zero-order valence-corrected chi connectivity index (χ0v) is 9.55. The second kappa shape index (κ2) is 4.50. The lowest BCUT2D eigenvalue weighted by atomic mass is 10.2. The van der Waals surface area contributed by atoms with Crippen LogP contribution in [0.25, 0.3) is 10.4 Å². The van der Waals surface area contributed by atoms with E-state index >= 15 is 0 Å². The summed E-state index contributed by atoms with van der Waals surface area (Å²) in [6, 6.07) is 10.5. The third-order valence-electron chi connectivity index (χ3n) is 2.34. The van der Waals surface area contributed by atoms with Crippen LogP contribution in [-0.4, -0.2) is 6.18 Å². The van der Waals surface area contributed by atoms with E-state index in [9.17, 15) is 13.2 Å². The van der Waals surface area contributed by atoms with Crippen LogP contribution >= 0.6 is 11.3 Å². The summed E-state index contributed by atoms with van der Waals surface area (Å²) in [5, 5.41) is 0. The number of thiophene rings is 1. The van der Waals surface area contributed by atoms with E-state index in [1.54, 1.807) is 6.07 Å². The molecule has 1 heterocycles. The minimum Gasteiger partial charge on any atom is -0.316 e. The van der Waals surface area contributed by atoms with Crippen molar-refractivity contribution in [1.82, 2.24) is 0 Å². The molecule has 0 amide bonds. The molecule has 2 N–H and O–H groups in total. The van der Waals surface area contributed by atoms with E-state index in [4.69, 9.17) is 5.73 Å². The Morgan fingerprint density at radius 3 is 2.24 bits per heavy atom. The highest BCUT2D eigenvalue weighted by molar-refractivity contribution is 7.15. The first-order valence-electron chi connectivity index (χ1n) is 4.96. The predicted molar refractivity (Wildman–Crippen MR) is 62.7 cm³/mol. The van der Waals surface area contributed by atoms with Crippen molar-refractivity contribution in [2.24, 2.45) is 5.73 Å². The minimum absolute atomic E-state index is 0.136. The van der Waals surface area contributed by atoms with Crippen molar-refractivity contribution in [3.8, 4) is 10.4 Å². The molecule has 0 saturated heterocycles. The van der Waals surface area contributed by atoms with Gasteiger partial charge in [-0.3, -0.25) is 0 Å². The van der Waals surface area contributed by atoms with Crippen molar-refractivity contribution in [1.29, 1.82) is 0 Å². The van der Waals surface area contributed by atoms with Gasteiger partial charge in [0, 0.05) is 9.75 Å². The van der Waals surface area contributed by atoms with Gasteiger partial charge in [0.15, 0.2) is 0 Å². The fraction of sp³-hybridized carbons (Fsp3) is 0.167. The second-order valence-electron chi connectivity index (χ2n) is 3.59. The van der Waals surface area contributed by atoms with Gasteiger partial charge >= 0.3 is 6.18 Å². The molecule has 5 heteroatoms. The van der Waals surface area contributed by atoms with Crippen molar-refractivity contribution in [3.63, 3.8) is 0 Å². The Kier molecular flexibility index (Phi) is 3.22. The SMILES string of the molecule is NC(c1ccc(-c2ccccc2)s1)C(F)(F)F. The third kappa shape index (κ3) is 2.68. The van der Waals surface area contributed by atoms with Crippen LogP contribution in [0.3, 0.4) is 0 Å². The Morgan fingerprint density at radius 1 is 1.00 bits per heavy atom. The lowest BCUT2D eigenvalue weighted by Gasteiger charge is -2.13. The van der Waals surface area contributed by atoms with E-state index in [1.165, 1.54) is 6.07 Å². The molecule has 0 bridgehead atoms. The van der Waals surface area contributed by atoms with Crippen LogP contribution in [-0.2, 0) is 0 Å². The van der Waals surface area contributed by atoms with Gasteiger partial charge in [-0.05, 0) is 17.7 Å². The molecule has 1 aromatic heterocycles. The lowest BCUT2D eigenvalue weighted by Crippen LogP contribution is -2.27. The zero-order chi connectivity index (χ0) is 12.5. The van der Waals surface area contributed by atoms with Gasteiger partial charge in [0.2, 0.25) is 0 Å². The molecule has 1 nitrogen and oxygen atoms in total. The zero-order valence-electron chi connectivity index (χ0n) is 8.74. The van der Waals surface area contributed by atoms with Gasteiger partial charge < -0.3 is 5.73 Å². The van der Waals surface area contributed by atoms with Crippen LogP contribution in [0.5, 0.6) is 0 Å². The Morgan fingerprint density at radius 2 is 1.65 bits per heavy atom. The van der Waals surface area contributed by atoms with Gasteiger partial charge in [-0.15, -0.1) is 11.3 Å². The number of hydrogen-bond acceptors (Lipinski definition) is 2. The van der Waals surface area contributed by atoms with Gasteiger partial charge in [0.25, 0.3) is 0 Å². The maximum absolute atomic E-state index is 12.4. The highest BCUT2D eigenvalue weighted by atomic mass is 32.1. The van der Waals surface area contributed by atoms with E-state index in [0.29, 0.717) is 0 Å². The summed E-state index contributed by atoms with van der Waals surface area (Å²) >= 11 is 1.08. The lowest BCUT2D eigenvalue weighted by molar-refractivity contribution is -0.148. The Labute approximate surface area is 101 Å². The molecular formula is C12H10F3NS. The summed E-state index contributed by atoms with van der Waals surface area (Å²) < 4.78 is 37.3. The van der Waals surface area contributed by atoms with E-state index in [1.807, 2.05) is 30.3 Å². The summed E-state index contributed by atoms with van der Waals surface area (Å²) in [6.45, 7) is 0.